The molecule has 0 aliphatic rings. The van der Waals surface area contributed by atoms with Crippen LogP contribution in [0, 0.1) is 11.6 Å². The number of hydrogen-bond acceptors (Lipinski definition) is 1. The molecule has 1 aromatic carbocycles. The van der Waals surface area contributed by atoms with Crippen molar-refractivity contribution in [1.29, 1.82) is 0 Å². The number of rotatable bonds is 2. The highest BCUT2D eigenvalue weighted by atomic mass is 35.5. The summed E-state index contributed by atoms with van der Waals surface area (Å²) in [5.41, 5.74) is 0.147. The van der Waals surface area contributed by atoms with Crippen molar-refractivity contribution in [1.82, 2.24) is 0 Å². The van der Waals surface area contributed by atoms with Gasteiger partial charge in [-0.2, -0.15) is 0 Å². The molecule has 0 fully saturated rings. The van der Waals surface area contributed by atoms with Crippen LogP contribution in [0.1, 0.15) is 16.7 Å². The first kappa shape index (κ1) is 11.4. The Morgan fingerprint density at radius 3 is 2.44 bits per heavy atom. The summed E-state index contributed by atoms with van der Waals surface area (Å²) < 4.78 is 31.1. The van der Waals surface area contributed by atoms with Gasteiger partial charge >= 0.3 is 0 Å². The molecule has 5 heteroatoms. The predicted molar refractivity (Wildman–Crippen MR) is 57.8 cm³/mol. The van der Waals surface area contributed by atoms with Gasteiger partial charge in [0.15, 0.2) is 5.22 Å². The minimum atomic E-state index is -0.826. The third-order valence-corrected chi connectivity index (χ3v) is 2.73. The number of alkyl halides is 1. The van der Waals surface area contributed by atoms with E-state index in [1.165, 1.54) is 12.1 Å². The van der Waals surface area contributed by atoms with Gasteiger partial charge in [-0.1, -0.05) is 6.07 Å². The highest BCUT2D eigenvalue weighted by molar-refractivity contribution is 6.29. The molecule has 0 aliphatic heterocycles. The van der Waals surface area contributed by atoms with Gasteiger partial charge in [-0.05, 0) is 29.8 Å². The van der Waals surface area contributed by atoms with E-state index in [4.69, 9.17) is 27.6 Å². The maximum atomic E-state index is 13.4. The standard InChI is InChI=1S/C11H6Cl2F2O/c12-10-4-3-9(16-10)11(13)7-2-1-6(14)5-8(7)15/h1-5,11H. The predicted octanol–water partition coefficient (Wildman–Crippen LogP) is 4.54. The van der Waals surface area contributed by atoms with Gasteiger partial charge in [0.05, 0.1) is 0 Å². The fourth-order valence-corrected chi connectivity index (χ4v) is 1.77. The van der Waals surface area contributed by atoms with E-state index < -0.39 is 17.0 Å². The van der Waals surface area contributed by atoms with Crippen LogP contribution in [-0.2, 0) is 0 Å². The zero-order valence-corrected chi connectivity index (χ0v) is 9.40. The molecule has 16 heavy (non-hydrogen) atoms. The van der Waals surface area contributed by atoms with Crippen LogP contribution in [0.4, 0.5) is 8.78 Å². The third-order valence-electron chi connectivity index (χ3n) is 2.08. The Kier molecular flexibility index (Phi) is 3.17. The van der Waals surface area contributed by atoms with Crippen LogP contribution < -0.4 is 0 Å². The normalized spacial score (nSPS) is 12.8. The average Bonchev–Trinajstić information content (AvgIpc) is 2.64. The van der Waals surface area contributed by atoms with E-state index in [0.717, 1.165) is 12.1 Å². The summed E-state index contributed by atoms with van der Waals surface area (Å²) in [5, 5.41) is -0.656. The summed E-state index contributed by atoms with van der Waals surface area (Å²) in [4.78, 5) is 0. The van der Waals surface area contributed by atoms with E-state index in [1.807, 2.05) is 0 Å². The molecule has 0 amide bonds. The van der Waals surface area contributed by atoms with Crippen LogP contribution in [0.15, 0.2) is 34.7 Å². The first-order chi connectivity index (χ1) is 7.58. The minimum Gasteiger partial charge on any atom is -0.448 e. The number of benzene rings is 1. The lowest BCUT2D eigenvalue weighted by molar-refractivity contribution is 0.509. The van der Waals surface area contributed by atoms with Gasteiger partial charge in [-0.25, -0.2) is 8.78 Å². The lowest BCUT2D eigenvalue weighted by Crippen LogP contribution is -1.96. The first-order valence-corrected chi connectivity index (χ1v) is 5.23. The molecule has 84 valence electrons. The average molecular weight is 263 g/mol. The summed E-state index contributed by atoms with van der Waals surface area (Å²) in [7, 11) is 0. The van der Waals surface area contributed by atoms with Crippen molar-refractivity contribution >= 4 is 23.2 Å². The Morgan fingerprint density at radius 2 is 1.88 bits per heavy atom. The molecule has 2 aromatic rings. The largest absolute Gasteiger partial charge is 0.448 e. The molecule has 0 radical (unpaired) electrons. The molecule has 0 saturated carbocycles. The van der Waals surface area contributed by atoms with Crippen LogP contribution in [-0.4, -0.2) is 0 Å². The fraction of sp³-hybridized carbons (Fsp3) is 0.0909. The van der Waals surface area contributed by atoms with Crippen molar-refractivity contribution in [3.8, 4) is 0 Å². The Morgan fingerprint density at radius 1 is 1.12 bits per heavy atom. The van der Waals surface area contributed by atoms with E-state index in [1.54, 1.807) is 6.07 Å². The molecule has 1 unspecified atom stereocenters. The SMILES string of the molecule is Fc1ccc(C(Cl)c2ccc(Cl)o2)c(F)c1. The van der Waals surface area contributed by atoms with Gasteiger partial charge in [0, 0.05) is 11.6 Å². The van der Waals surface area contributed by atoms with Crippen molar-refractivity contribution in [3.05, 3.63) is 58.5 Å². The molecule has 1 heterocycles. The number of halogens is 4. The van der Waals surface area contributed by atoms with E-state index >= 15 is 0 Å². The van der Waals surface area contributed by atoms with Crippen molar-refractivity contribution < 1.29 is 13.2 Å². The van der Waals surface area contributed by atoms with Gasteiger partial charge in [-0.15, -0.1) is 11.6 Å². The van der Waals surface area contributed by atoms with E-state index in [2.05, 4.69) is 0 Å². The van der Waals surface area contributed by atoms with Crippen LogP contribution >= 0.6 is 23.2 Å². The molecule has 2 rings (SSSR count). The van der Waals surface area contributed by atoms with Crippen molar-refractivity contribution in [2.75, 3.05) is 0 Å². The third kappa shape index (κ3) is 2.20. The number of furan rings is 1. The second kappa shape index (κ2) is 4.44. The van der Waals surface area contributed by atoms with Crippen molar-refractivity contribution in [2.45, 2.75) is 5.38 Å². The summed E-state index contributed by atoms with van der Waals surface area (Å²) in [6, 6.07) is 6.24. The number of hydrogen-bond donors (Lipinski definition) is 0. The van der Waals surface area contributed by atoms with Gasteiger partial charge < -0.3 is 4.42 Å². The smallest absolute Gasteiger partial charge is 0.193 e. The van der Waals surface area contributed by atoms with Crippen LogP contribution in [0.5, 0.6) is 0 Å². The molecule has 1 aromatic heterocycles. The van der Waals surface area contributed by atoms with Gasteiger partial charge in [0.2, 0.25) is 0 Å². The Hall–Kier alpha value is -1.06. The van der Waals surface area contributed by atoms with E-state index in [0.29, 0.717) is 5.76 Å². The highest BCUT2D eigenvalue weighted by Gasteiger charge is 2.18. The van der Waals surface area contributed by atoms with E-state index in [-0.39, 0.29) is 10.8 Å². The molecule has 1 atom stereocenters. The maximum absolute atomic E-state index is 13.4. The zero-order valence-electron chi connectivity index (χ0n) is 7.88. The second-order valence-electron chi connectivity index (χ2n) is 3.17. The van der Waals surface area contributed by atoms with Crippen LogP contribution in [0.2, 0.25) is 5.22 Å². The quantitative estimate of drug-likeness (QED) is 0.725. The molecule has 0 N–H and O–H groups in total. The topological polar surface area (TPSA) is 13.1 Å². The first-order valence-electron chi connectivity index (χ1n) is 4.42. The fourth-order valence-electron chi connectivity index (χ4n) is 1.32. The summed E-state index contributed by atoms with van der Waals surface area (Å²) in [6.45, 7) is 0. The Bertz CT molecular complexity index is 510. The summed E-state index contributed by atoms with van der Waals surface area (Å²) in [6.07, 6.45) is 0. The summed E-state index contributed by atoms with van der Waals surface area (Å²) >= 11 is 11.6. The minimum absolute atomic E-state index is 0.147. The van der Waals surface area contributed by atoms with Crippen molar-refractivity contribution in [2.24, 2.45) is 0 Å². The lowest BCUT2D eigenvalue weighted by Gasteiger charge is -2.07. The summed E-state index contributed by atoms with van der Waals surface area (Å²) in [5.74, 6) is -1.05. The molecular formula is C11H6Cl2F2O. The molecular weight excluding hydrogens is 257 g/mol. The lowest BCUT2D eigenvalue weighted by atomic mass is 10.1. The highest BCUT2D eigenvalue weighted by Crippen LogP contribution is 2.32. The zero-order chi connectivity index (χ0) is 11.7. The van der Waals surface area contributed by atoms with Crippen LogP contribution in [0.3, 0.4) is 0 Å². The molecule has 1 nitrogen and oxygen atoms in total. The van der Waals surface area contributed by atoms with Gasteiger partial charge in [0.25, 0.3) is 0 Å². The van der Waals surface area contributed by atoms with Crippen LogP contribution in [0.25, 0.3) is 0 Å². The Balaban J connectivity index is 2.37. The molecule has 0 spiro atoms. The molecule has 0 aliphatic carbocycles. The second-order valence-corrected chi connectivity index (χ2v) is 3.98. The maximum Gasteiger partial charge on any atom is 0.193 e. The monoisotopic (exact) mass is 262 g/mol. The molecule has 0 saturated heterocycles. The van der Waals surface area contributed by atoms with Crippen molar-refractivity contribution in [3.63, 3.8) is 0 Å². The van der Waals surface area contributed by atoms with Gasteiger partial charge in [0.1, 0.15) is 22.8 Å². The molecule has 0 bridgehead atoms. The van der Waals surface area contributed by atoms with Gasteiger partial charge in [-0.3, -0.25) is 0 Å². The Labute approximate surface area is 101 Å². The van der Waals surface area contributed by atoms with E-state index in [9.17, 15) is 8.78 Å².